The lowest BCUT2D eigenvalue weighted by Crippen LogP contribution is -2.44. The van der Waals surface area contributed by atoms with E-state index in [0.717, 1.165) is 18.0 Å². The van der Waals surface area contributed by atoms with Gasteiger partial charge in [-0.2, -0.15) is 17.6 Å². The molecule has 0 aliphatic heterocycles. The van der Waals surface area contributed by atoms with Gasteiger partial charge in [0.05, 0.1) is 17.3 Å². The Hall–Kier alpha value is -2.78. The molecule has 0 radical (unpaired) electrons. The number of hydrogen-bond acceptors (Lipinski definition) is 3. The average molecular weight is 433 g/mol. The molecule has 0 aromatic heterocycles. The van der Waals surface area contributed by atoms with Crippen molar-refractivity contribution >= 4 is 17.4 Å². The van der Waals surface area contributed by atoms with Crippen LogP contribution in [-0.2, 0) is 11.0 Å². The third-order valence-corrected chi connectivity index (χ3v) is 4.81. The molecule has 1 atom stereocenters. The first-order valence-corrected chi connectivity index (χ1v) is 9.00. The molecule has 0 heterocycles. The van der Waals surface area contributed by atoms with Crippen molar-refractivity contribution in [3.63, 3.8) is 0 Å². The number of benzene rings is 1. The van der Waals surface area contributed by atoms with Crippen LogP contribution in [-0.4, -0.2) is 42.3 Å². The number of carbonyl (C=O) groups excluding carboxylic acids is 1. The van der Waals surface area contributed by atoms with E-state index < -0.39 is 53.4 Å². The van der Waals surface area contributed by atoms with Crippen LogP contribution in [0.4, 0.5) is 26.3 Å². The SMILES string of the molecule is C=C(c1ccccc1C(F)(F)F)C(C)N(C(=O)C(C(F)=NC)=C(N)C(F)F)C1CC1. The van der Waals surface area contributed by atoms with E-state index in [1.165, 1.54) is 25.1 Å². The van der Waals surface area contributed by atoms with Crippen LogP contribution in [0.5, 0.6) is 0 Å². The molecular formula is C20H21F6N3O. The van der Waals surface area contributed by atoms with Gasteiger partial charge in [0.15, 0.2) is 0 Å². The Bertz CT molecular complexity index is 887. The Morgan fingerprint density at radius 3 is 2.30 bits per heavy atom. The minimum absolute atomic E-state index is 0.0630. The maximum Gasteiger partial charge on any atom is 0.416 e. The predicted molar refractivity (Wildman–Crippen MR) is 101 cm³/mol. The molecule has 0 saturated heterocycles. The molecule has 1 aliphatic rings. The Labute approximate surface area is 169 Å². The molecule has 1 aliphatic carbocycles. The molecule has 1 aromatic carbocycles. The summed E-state index contributed by atoms with van der Waals surface area (Å²) in [4.78, 5) is 17.2. The van der Waals surface area contributed by atoms with Gasteiger partial charge in [-0.3, -0.25) is 9.79 Å². The van der Waals surface area contributed by atoms with Crippen molar-refractivity contribution in [3.05, 3.63) is 53.2 Å². The predicted octanol–water partition coefficient (Wildman–Crippen LogP) is 4.57. The third kappa shape index (κ3) is 4.85. The van der Waals surface area contributed by atoms with Gasteiger partial charge in [0, 0.05) is 13.1 Å². The van der Waals surface area contributed by atoms with Gasteiger partial charge in [0.25, 0.3) is 12.3 Å². The lowest BCUT2D eigenvalue weighted by Gasteiger charge is -2.32. The smallest absolute Gasteiger partial charge is 0.397 e. The molecule has 1 aromatic rings. The maximum absolute atomic E-state index is 14.2. The highest BCUT2D eigenvalue weighted by Crippen LogP contribution is 2.39. The Morgan fingerprint density at radius 2 is 1.83 bits per heavy atom. The number of halogens is 6. The van der Waals surface area contributed by atoms with Crippen molar-refractivity contribution in [2.24, 2.45) is 10.7 Å². The maximum atomic E-state index is 14.2. The summed E-state index contributed by atoms with van der Waals surface area (Å²) in [6.45, 7) is 5.11. The highest BCUT2D eigenvalue weighted by Gasteiger charge is 2.42. The summed E-state index contributed by atoms with van der Waals surface area (Å²) >= 11 is 0. The molecule has 0 spiro atoms. The van der Waals surface area contributed by atoms with Crippen LogP contribution in [0.3, 0.4) is 0 Å². The Morgan fingerprint density at radius 1 is 1.27 bits per heavy atom. The van der Waals surface area contributed by atoms with Gasteiger partial charge in [0.1, 0.15) is 5.57 Å². The van der Waals surface area contributed by atoms with Crippen molar-refractivity contribution in [1.29, 1.82) is 0 Å². The van der Waals surface area contributed by atoms with Crippen molar-refractivity contribution < 1.29 is 31.1 Å². The lowest BCUT2D eigenvalue weighted by atomic mass is 9.94. The standard InChI is InChI=1S/C20H21F6N3O/c1-10(13-6-4-5-7-14(13)20(24,25)26)11(2)29(12-8-9-12)19(30)15(18(23)28-3)16(27)17(21)22/h4-7,11-12,17H,1,8-9,27H2,2-3H3. The van der Waals surface area contributed by atoms with Crippen LogP contribution in [0.1, 0.15) is 30.9 Å². The normalized spacial score (nSPS) is 16.9. The summed E-state index contributed by atoms with van der Waals surface area (Å²) in [6, 6.07) is 3.17. The molecule has 1 unspecified atom stereocenters. The second-order valence-electron chi connectivity index (χ2n) is 6.83. The van der Waals surface area contributed by atoms with Gasteiger partial charge in [-0.05, 0) is 37.0 Å². The first-order chi connectivity index (χ1) is 13.9. The first-order valence-electron chi connectivity index (χ1n) is 9.00. The fourth-order valence-electron chi connectivity index (χ4n) is 3.09. The number of aliphatic imine (C=N–C) groups is 1. The van der Waals surface area contributed by atoms with E-state index in [2.05, 4.69) is 11.6 Å². The summed E-state index contributed by atoms with van der Waals surface area (Å²) in [5.41, 5.74) is 1.62. The van der Waals surface area contributed by atoms with Gasteiger partial charge in [0.2, 0.25) is 5.97 Å². The minimum atomic E-state index is -4.67. The van der Waals surface area contributed by atoms with Gasteiger partial charge < -0.3 is 10.6 Å². The van der Waals surface area contributed by atoms with Crippen molar-refractivity contribution in [2.45, 2.75) is 44.5 Å². The van der Waals surface area contributed by atoms with Crippen LogP contribution in [0.15, 0.2) is 47.1 Å². The lowest BCUT2D eigenvalue weighted by molar-refractivity contribution is -0.137. The van der Waals surface area contributed by atoms with E-state index in [1.807, 2.05) is 0 Å². The highest BCUT2D eigenvalue weighted by molar-refractivity contribution is 6.19. The first kappa shape index (κ1) is 23.5. The fourth-order valence-corrected chi connectivity index (χ4v) is 3.09. The van der Waals surface area contributed by atoms with E-state index in [-0.39, 0.29) is 11.1 Å². The van der Waals surface area contributed by atoms with Crippen molar-refractivity contribution in [3.8, 4) is 0 Å². The van der Waals surface area contributed by atoms with Crippen molar-refractivity contribution in [1.82, 2.24) is 4.90 Å². The number of hydrogen-bond donors (Lipinski definition) is 1. The van der Waals surface area contributed by atoms with Crippen LogP contribution >= 0.6 is 0 Å². The number of alkyl halides is 5. The third-order valence-electron chi connectivity index (χ3n) is 4.81. The number of rotatable bonds is 7. The summed E-state index contributed by atoms with van der Waals surface area (Å²) in [5, 5.41) is 0. The number of allylic oxidation sites excluding steroid dienone is 1. The van der Waals surface area contributed by atoms with Gasteiger partial charge >= 0.3 is 6.18 Å². The monoisotopic (exact) mass is 433 g/mol. The number of nitrogens with two attached hydrogens (primary N) is 1. The molecule has 10 heteroatoms. The van der Waals surface area contributed by atoms with Crippen LogP contribution in [0.2, 0.25) is 0 Å². The zero-order valence-corrected chi connectivity index (χ0v) is 16.3. The van der Waals surface area contributed by atoms with E-state index in [9.17, 15) is 31.1 Å². The minimum Gasteiger partial charge on any atom is -0.397 e. The second-order valence-corrected chi connectivity index (χ2v) is 6.83. The van der Waals surface area contributed by atoms with Gasteiger partial charge in [-0.1, -0.05) is 24.8 Å². The summed E-state index contributed by atoms with van der Waals surface area (Å²) in [6.07, 6.45) is -7.02. The molecule has 2 N–H and O–H groups in total. The quantitative estimate of drug-likeness (QED) is 0.389. The molecule has 1 fully saturated rings. The van der Waals surface area contributed by atoms with E-state index in [0.29, 0.717) is 12.8 Å². The molecular weight excluding hydrogens is 412 g/mol. The van der Waals surface area contributed by atoms with Gasteiger partial charge in [-0.25, -0.2) is 8.78 Å². The average Bonchev–Trinajstić information content (AvgIpc) is 3.51. The van der Waals surface area contributed by atoms with E-state index >= 15 is 0 Å². The van der Waals surface area contributed by atoms with Gasteiger partial charge in [-0.15, -0.1) is 0 Å². The fraction of sp³-hybridized carbons (Fsp3) is 0.400. The topological polar surface area (TPSA) is 58.7 Å². The molecule has 0 bridgehead atoms. The molecule has 4 nitrogen and oxygen atoms in total. The molecule has 1 saturated carbocycles. The van der Waals surface area contributed by atoms with Crippen molar-refractivity contribution in [2.75, 3.05) is 7.05 Å². The summed E-state index contributed by atoms with van der Waals surface area (Å²) < 4.78 is 80.5. The van der Waals surface area contributed by atoms with Crippen LogP contribution < -0.4 is 5.73 Å². The Balaban J connectivity index is 2.50. The van der Waals surface area contributed by atoms with E-state index in [1.54, 1.807) is 0 Å². The number of carbonyl (C=O) groups is 1. The zero-order valence-electron chi connectivity index (χ0n) is 16.3. The summed E-state index contributed by atoms with van der Waals surface area (Å²) in [5.74, 6) is -2.64. The van der Waals surface area contributed by atoms with Crippen LogP contribution in [0.25, 0.3) is 5.57 Å². The van der Waals surface area contributed by atoms with E-state index in [4.69, 9.17) is 5.73 Å². The summed E-state index contributed by atoms with van der Waals surface area (Å²) in [7, 11) is 0.963. The van der Waals surface area contributed by atoms with Crippen LogP contribution in [0, 0.1) is 0 Å². The molecule has 30 heavy (non-hydrogen) atoms. The number of nitrogens with zero attached hydrogens (tertiary/aromatic N) is 2. The zero-order chi connectivity index (χ0) is 22.8. The molecule has 2 rings (SSSR count). The Kier molecular flexibility index (Phi) is 6.99. The second kappa shape index (κ2) is 8.93. The molecule has 164 valence electrons. The largest absolute Gasteiger partial charge is 0.416 e. The highest BCUT2D eigenvalue weighted by atomic mass is 19.4. The molecule has 1 amide bonds. The number of amides is 1.